The van der Waals surface area contributed by atoms with Crippen LogP contribution in [0.1, 0.15) is 33.3 Å². The molecule has 0 heterocycles. The number of ether oxygens (including phenoxy) is 1. The Morgan fingerprint density at radius 2 is 1.95 bits per heavy atom. The first-order valence-electron chi connectivity index (χ1n) is 6.67. The van der Waals surface area contributed by atoms with Crippen LogP contribution in [0.3, 0.4) is 0 Å². The topological polar surface area (TPSA) is 64.3 Å². The van der Waals surface area contributed by atoms with Crippen molar-refractivity contribution < 1.29 is 9.53 Å². The molecule has 0 aliphatic carbocycles. The van der Waals surface area contributed by atoms with Crippen LogP contribution in [0.4, 0.5) is 5.69 Å². The first kappa shape index (κ1) is 18.9. The Morgan fingerprint density at radius 1 is 1.30 bits per heavy atom. The van der Waals surface area contributed by atoms with E-state index in [1.807, 2.05) is 52.0 Å². The van der Waals surface area contributed by atoms with Crippen molar-refractivity contribution in [3.8, 4) is 0 Å². The van der Waals surface area contributed by atoms with Gasteiger partial charge in [0.1, 0.15) is 0 Å². The SMILES string of the molecule is CC(C)OCc1cccc(NC(=O)C(C)C(C)N)c1.Cl. The largest absolute Gasteiger partial charge is 0.374 e. The van der Waals surface area contributed by atoms with Crippen molar-refractivity contribution in [2.24, 2.45) is 11.7 Å². The normalized spacial score (nSPS) is 13.5. The molecule has 1 rings (SSSR count). The monoisotopic (exact) mass is 300 g/mol. The van der Waals surface area contributed by atoms with Crippen LogP contribution in [0.5, 0.6) is 0 Å². The van der Waals surface area contributed by atoms with E-state index in [2.05, 4.69) is 5.32 Å². The highest BCUT2D eigenvalue weighted by atomic mass is 35.5. The van der Waals surface area contributed by atoms with E-state index < -0.39 is 0 Å². The molecule has 0 aliphatic rings. The lowest BCUT2D eigenvalue weighted by Crippen LogP contribution is -2.34. The average molecular weight is 301 g/mol. The second-order valence-electron chi connectivity index (χ2n) is 5.20. The molecule has 0 saturated heterocycles. The van der Waals surface area contributed by atoms with E-state index in [0.29, 0.717) is 6.61 Å². The zero-order valence-electron chi connectivity index (χ0n) is 12.6. The molecule has 3 N–H and O–H groups in total. The minimum absolute atomic E-state index is 0. The third kappa shape index (κ3) is 6.37. The molecular formula is C15H25ClN2O2. The third-order valence-corrected chi connectivity index (χ3v) is 2.98. The fourth-order valence-electron chi connectivity index (χ4n) is 1.50. The summed E-state index contributed by atoms with van der Waals surface area (Å²) < 4.78 is 5.54. The van der Waals surface area contributed by atoms with Crippen molar-refractivity contribution in [2.75, 3.05) is 5.32 Å². The van der Waals surface area contributed by atoms with Crippen molar-refractivity contribution in [1.82, 2.24) is 0 Å². The van der Waals surface area contributed by atoms with Gasteiger partial charge in [0, 0.05) is 11.7 Å². The van der Waals surface area contributed by atoms with E-state index >= 15 is 0 Å². The highest BCUT2D eigenvalue weighted by molar-refractivity contribution is 5.92. The fourth-order valence-corrected chi connectivity index (χ4v) is 1.50. The maximum Gasteiger partial charge on any atom is 0.228 e. The van der Waals surface area contributed by atoms with E-state index in [-0.39, 0.29) is 36.4 Å². The summed E-state index contributed by atoms with van der Waals surface area (Å²) in [6, 6.07) is 7.52. The molecule has 4 nitrogen and oxygen atoms in total. The molecule has 1 aromatic rings. The van der Waals surface area contributed by atoms with E-state index in [1.165, 1.54) is 0 Å². The summed E-state index contributed by atoms with van der Waals surface area (Å²) in [5.74, 6) is -0.271. The Kier molecular flexibility index (Phi) is 8.46. The summed E-state index contributed by atoms with van der Waals surface area (Å²) in [7, 11) is 0. The van der Waals surface area contributed by atoms with Crippen LogP contribution in [0.25, 0.3) is 0 Å². The minimum Gasteiger partial charge on any atom is -0.374 e. The summed E-state index contributed by atoms with van der Waals surface area (Å²) >= 11 is 0. The summed E-state index contributed by atoms with van der Waals surface area (Å²) in [5, 5.41) is 2.88. The van der Waals surface area contributed by atoms with Crippen molar-refractivity contribution in [1.29, 1.82) is 0 Å². The number of hydrogen-bond acceptors (Lipinski definition) is 3. The lowest BCUT2D eigenvalue weighted by molar-refractivity contribution is -0.119. The molecule has 20 heavy (non-hydrogen) atoms. The van der Waals surface area contributed by atoms with Gasteiger partial charge in [0.15, 0.2) is 0 Å². The molecule has 0 fully saturated rings. The van der Waals surface area contributed by atoms with E-state index in [4.69, 9.17) is 10.5 Å². The number of anilines is 1. The predicted octanol–water partition coefficient (Wildman–Crippen LogP) is 2.96. The van der Waals surface area contributed by atoms with E-state index in [0.717, 1.165) is 11.3 Å². The van der Waals surface area contributed by atoms with Gasteiger partial charge in [0.05, 0.1) is 18.6 Å². The van der Waals surface area contributed by atoms with Gasteiger partial charge in [-0.1, -0.05) is 19.1 Å². The number of carbonyl (C=O) groups excluding carboxylic acids is 1. The Labute approximate surface area is 127 Å². The molecule has 1 aromatic carbocycles. The van der Waals surface area contributed by atoms with Crippen LogP contribution < -0.4 is 11.1 Å². The van der Waals surface area contributed by atoms with Crippen molar-refractivity contribution in [3.63, 3.8) is 0 Å². The number of benzene rings is 1. The Bertz CT molecular complexity index is 422. The van der Waals surface area contributed by atoms with Crippen LogP contribution in [0.15, 0.2) is 24.3 Å². The van der Waals surface area contributed by atoms with Gasteiger partial charge in [0.25, 0.3) is 0 Å². The first-order chi connectivity index (χ1) is 8.90. The third-order valence-electron chi connectivity index (χ3n) is 2.98. The molecule has 114 valence electrons. The van der Waals surface area contributed by atoms with Gasteiger partial charge in [0.2, 0.25) is 5.91 Å². The van der Waals surface area contributed by atoms with Crippen LogP contribution in [0, 0.1) is 5.92 Å². The van der Waals surface area contributed by atoms with Crippen molar-refractivity contribution in [3.05, 3.63) is 29.8 Å². The summed E-state index contributed by atoms with van der Waals surface area (Å²) in [4.78, 5) is 11.9. The van der Waals surface area contributed by atoms with E-state index in [1.54, 1.807) is 0 Å². The Morgan fingerprint density at radius 3 is 2.50 bits per heavy atom. The molecule has 0 saturated carbocycles. The first-order valence-corrected chi connectivity index (χ1v) is 6.67. The molecule has 0 aliphatic heterocycles. The number of rotatable bonds is 6. The quantitative estimate of drug-likeness (QED) is 0.849. The van der Waals surface area contributed by atoms with Gasteiger partial charge in [-0.3, -0.25) is 4.79 Å². The standard InChI is InChI=1S/C15H24N2O2.ClH/c1-10(2)19-9-13-6-5-7-14(8-13)17-15(18)11(3)12(4)16;/h5-8,10-12H,9,16H2,1-4H3,(H,17,18);1H. The average Bonchev–Trinajstić information content (AvgIpc) is 2.35. The fraction of sp³-hybridized carbons (Fsp3) is 0.533. The van der Waals surface area contributed by atoms with E-state index in [9.17, 15) is 4.79 Å². The van der Waals surface area contributed by atoms with Crippen molar-refractivity contribution in [2.45, 2.75) is 46.4 Å². The predicted molar refractivity (Wildman–Crippen MR) is 85.1 cm³/mol. The molecule has 2 unspecified atom stereocenters. The molecule has 1 amide bonds. The molecule has 0 spiro atoms. The van der Waals surface area contributed by atoms with Gasteiger partial charge in [-0.15, -0.1) is 12.4 Å². The molecule has 2 atom stereocenters. The van der Waals surface area contributed by atoms with Crippen LogP contribution in [0.2, 0.25) is 0 Å². The highest BCUT2D eigenvalue weighted by Gasteiger charge is 2.16. The van der Waals surface area contributed by atoms with Crippen LogP contribution in [-0.2, 0) is 16.1 Å². The second-order valence-corrected chi connectivity index (χ2v) is 5.20. The number of carbonyl (C=O) groups is 1. The molecule has 0 aromatic heterocycles. The highest BCUT2D eigenvalue weighted by Crippen LogP contribution is 2.14. The van der Waals surface area contributed by atoms with Gasteiger partial charge < -0.3 is 15.8 Å². The zero-order chi connectivity index (χ0) is 14.4. The maximum absolute atomic E-state index is 11.9. The van der Waals surface area contributed by atoms with Crippen LogP contribution in [-0.4, -0.2) is 18.1 Å². The van der Waals surface area contributed by atoms with Crippen molar-refractivity contribution >= 4 is 24.0 Å². The Hall–Kier alpha value is -1.10. The van der Waals surface area contributed by atoms with Gasteiger partial charge in [-0.2, -0.15) is 0 Å². The zero-order valence-corrected chi connectivity index (χ0v) is 13.4. The smallest absolute Gasteiger partial charge is 0.228 e. The summed E-state index contributed by atoms with van der Waals surface area (Å²) in [6.45, 7) is 8.19. The Balaban J connectivity index is 0.00000361. The number of nitrogens with one attached hydrogen (secondary N) is 1. The number of amides is 1. The van der Waals surface area contributed by atoms with Crippen LogP contribution >= 0.6 is 12.4 Å². The summed E-state index contributed by atoms with van der Waals surface area (Å²) in [5.41, 5.74) is 7.54. The lowest BCUT2D eigenvalue weighted by atomic mass is 10.0. The number of nitrogens with two attached hydrogens (primary N) is 1. The lowest BCUT2D eigenvalue weighted by Gasteiger charge is -2.16. The van der Waals surface area contributed by atoms with Gasteiger partial charge in [-0.05, 0) is 38.5 Å². The molecule has 0 radical (unpaired) electrons. The van der Waals surface area contributed by atoms with Gasteiger partial charge >= 0.3 is 0 Å². The minimum atomic E-state index is -0.212. The molecule has 5 heteroatoms. The molecule has 0 bridgehead atoms. The maximum atomic E-state index is 11.9. The second kappa shape index (κ2) is 8.95. The summed E-state index contributed by atoms with van der Waals surface area (Å²) in [6.07, 6.45) is 0.191. The van der Waals surface area contributed by atoms with Gasteiger partial charge in [-0.25, -0.2) is 0 Å². The number of halogens is 1. The molecular weight excluding hydrogens is 276 g/mol. The number of hydrogen-bond donors (Lipinski definition) is 2.